The number of rotatable bonds is 6. The van der Waals surface area contributed by atoms with Gasteiger partial charge >= 0.3 is 0 Å². The van der Waals surface area contributed by atoms with E-state index < -0.39 is 0 Å². The topological polar surface area (TPSA) is 41.9 Å². The summed E-state index contributed by atoms with van der Waals surface area (Å²) in [7, 11) is 0. The van der Waals surface area contributed by atoms with Crippen LogP contribution in [0.2, 0.25) is 0 Å². The molecule has 0 aliphatic carbocycles. The van der Waals surface area contributed by atoms with Crippen LogP contribution < -0.4 is 0 Å². The maximum absolute atomic E-state index is 12.6. The van der Waals surface area contributed by atoms with Gasteiger partial charge in [0.05, 0.1) is 12.3 Å². The summed E-state index contributed by atoms with van der Waals surface area (Å²) in [6.07, 6.45) is 0.627. The molecule has 0 aromatic heterocycles. The predicted molar refractivity (Wildman–Crippen MR) is 99.2 cm³/mol. The highest BCUT2D eigenvalue weighted by atomic mass is 16.6. The van der Waals surface area contributed by atoms with Crippen molar-refractivity contribution in [3.63, 3.8) is 0 Å². The van der Waals surface area contributed by atoms with Gasteiger partial charge in [-0.2, -0.15) is 0 Å². The lowest BCUT2D eigenvalue weighted by molar-refractivity contribution is -0.136. The Morgan fingerprint density at radius 2 is 1.76 bits per heavy atom. The van der Waals surface area contributed by atoms with E-state index in [-0.39, 0.29) is 17.9 Å². The number of carbonyl (C=O) groups is 1. The average molecular weight is 336 g/mol. The van der Waals surface area contributed by atoms with Crippen LogP contribution in [0.1, 0.15) is 31.4 Å². The average Bonchev–Trinajstić information content (AvgIpc) is 3.11. The third kappa shape index (κ3) is 4.47. The smallest absolute Gasteiger partial charge is 0.225 e. The third-order valence-electron chi connectivity index (χ3n) is 4.29. The van der Waals surface area contributed by atoms with Gasteiger partial charge in [-0.1, -0.05) is 79.7 Å². The van der Waals surface area contributed by atoms with Crippen molar-refractivity contribution in [3.8, 4) is 0 Å². The monoisotopic (exact) mass is 336 g/mol. The second kappa shape index (κ2) is 7.97. The number of carbonyl (C=O) groups excluding carboxylic acids is 1. The van der Waals surface area contributed by atoms with Crippen LogP contribution in [0.5, 0.6) is 0 Å². The molecule has 0 unspecified atom stereocenters. The van der Waals surface area contributed by atoms with Crippen molar-refractivity contribution in [1.29, 1.82) is 0 Å². The van der Waals surface area contributed by atoms with Crippen molar-refractivity contribution >= 4 is 11.6 Å². The summed E-state index contributed by atoms with van der Waals surface area (Å²) < 4.78 is 0. The molecular weight excluding hydrogens is 312 g/mol. The molecule has 4 heteroatoms. The van der Waals surface area contributed by atoms with Crippen LogP contribution in [0.25, 0.3) is 0 Å². The molecule has 130 valence electrons. The van der Waals surface area contributed by atoms with Crippen LogP contribution in [0.3, 0.4) is 0 Å². The first-order chi connectivity index (χ1) is 12.1. The maximum Gasteiger partial charge on any atom is 0.225 e. The van der Waals surface area contributed by atoms with E-state index in [4.69, 9.17) is 4.84 Å². The Morgan fingerprint density at radius 1 is 1.12 bits per heavy atom. The van der Waals surface area contributed by atoms with Crippen LogP contribution in [-0.4, -0.2) is 29.2 Å². The van der Waals surface area contributed by atoms with E-state index in [9.17, 15) is 4.79 Å². The van der Waals surface area contributed by atoms with Crippen molar-refractivity contribution in [2.75, 3.05) is 6.54 Å². The minimum Gasteiger partial charge on any atom is -0.390 e. The van der Waals surface area contributed by atoms with Gasteiger partial charge in [-0.15, -0.1) is 0 Å². The van der Waals surface area contributed by atoms with Crippen LogP contribution >= 0.6 is 0 Å². The zero-order valence-electron chi connectivity index (χ0n) is 14.8. The lowest BCUT2D eigenvalue weighted by atomic mass is 10.0. The Labute approximate surface area is 149 Å². The molecular formula is C21H24N2O2. The Hall–Kier alpha value is -2.62. The van der Waals surface area contributed by atoms with Crippen LogP contribution in [-0.2, 0) is 16.2 Å². The third-order valence-corrected chi connectivity index (χ3v) is 4.29. The highest BCUT2D eigenvalue weighted by molar-refractivity contribution is 6.01. The zero-order chi connectivity index (χ0) is 17.6. The van der Waals surface area contributed by atoms with Gasteiger partial charge in [0.2, 0.25) is 5.91 Å². The molecule has 1 heterocycles. The van der Waals surface area contributed by atoms with Gasteiger partial charge in [-0.25, -0.2) is 0 Å². The minimum atomic E-state index is -0.0957. The van der Waals surface area contributed by atoms with Gasteiger partial charge in [0.15, 0.2) is 6.10 Å². The molecule has 2 aromatic rings. The van der Waals surface area contributed by atoms with Gasteiger partial charge in [0, 0.05) is 18.9 Å². The maximum atomic E-state index is 12.6. The second-order valence-electron chi connectivity index (χ2n) is 6.69. The number of nitrogens with zero attached hydrogens (tertiary/aromatic N) is 2. The molecule has 1 amide bonds. The molecule has 1 aliphatic rings. The van der Waals surface area contributed by atoms with E-state index in [2.05, 4.69) is 5.16 Å². The molecule has 25 heavy (non-hydrogen) atoms. The van der Waals surface area contributed by atoms with E-state index in [1.807, 2.05) is 79.4 Å². The first kappa shape index (κ1) is 17.2. The predicted octanol–water partition coefficient (Wildman–Crippen LogP) is 3.86. The molecule has 0 N–H and O–H groups in total. The Kier molecular flexibility index (Phi) is 5.49. The second-order valence-corrected chi connectivity index (χ2v) is 6.69. The molecule has 1 aliphatic heterocycles. The molecule has 4 nitrogen and oxygen atoms in total. The fraction of sp³-hybridized carbons (Fsp3) is 0.333. The summed E-state index contributed by atoms with van der Waals surface area (Å²) in [5.41, 5.74) is 3.15. The summed E-state index contributed by atoms with van der Waals surface area (Å²) in [6, 6.07) is 20.1. The number of hydrogen-bond acceptors (Lipinski definition) is 3. The minimum absolute atomic E-state index is 0.0420. The van der Waals surface area contributed by atoms with Crippen molar-refractivity contribution in [1.82, 2.24) is 4.90 Å². The van der Waals surface area contributed by atoms with Gasteiger partial charge in [-0.05, 0) is 11.1 Å². The standard InChI is InChI=1S/C21H24N2O2/c1-16(2)21(24)23(14-17-9-5-3-6-10-17)15-19-13-20(22-25-19)18-11-7-4-8-12-18/h3-12,16,19H,13-15H2,1-2H3/t19-/m0/s1. The fourth-order valence-electron chi connectivity index (χ4n) is 2.97. The highest BCUT2D eigenvalue weighted by Gasteiger charge is 2.27. The van der Waals surface area contributed by atoms with Crippen molar-refractivity contribution < 1.29 is 9.63 Å². The number of hydrogen-bond donors (Lipinski definition) is 0. The van der Waals surface area contributed by atoms with E-state index in [1.54, 1.807) is 0 Å². The normalized spacial score (nSPS) is 16.4. The van der Waals surface area contributed by atoms with E-state index >= 15 is 0 Å². The Morgan fingerprint density at radius 3 is 2.40 bits per heavy atom. The van der Waals surface area contributed by atoms with E-state index in [0.717, 1.165) is 23.3 Å². The van der Waals surface area contributed by atoms with Gasteiger partial charge in [0.1, 0.15) is 0 Å². The summed E-state index contributed by atoms with van der Waals surface area (Å²) in [4.78, 5) is 20.1. The van der Waals surface area contributed by atoms with E-state index in [0.29, 0.717) is 13.1 Å². The molecule has 0 radical (unpaired) electrons. The van der Waals surface area contributed by atoms with Crippen molar-refractivity contribution in [2.24, 2.45) is 11.1 Å². The largest absolute Gasteiger partial charge is 0.390 e. The van der Waals surface area contributed by atoms with Gasteiger partial charge in [-0.3, -0.25) is 4.79 Å². The fourth-order valence-corrected chi connectivity index (χ4v) is 2.97. The Bertz CT molecular complexity index is 726. The highest BCUT2D eigenvalue weighted by Crippen LogP contribution is 2.19. The van der Waals surface area contributed by atoms with Crippen molar-refractivity contribution in [3.05, 3.63) is 71.8 Å². The van der Waals surface area contributed by atoms with Crippen LogP contribution in [0.15, 0.2) is 65.8 Å². The first-order valence-corrected chi connectivity index (χ1v) is 8.74. The molecule has 2 aromatic carbocycles. The number of oxime groups is 1. The Balaban J connectivity index is 1.66. The van der Waals surface area contributed by atoms with Crippen LogP contribution in [0.4, 0.5) is 0 Å². The summed E-state index contributed by atoms with van der Waals surface area (Å²) in [5.74, 6) is 0.0974. The lowest BCUT2D eigenvalue weighted by Crippen LogP contribution is -2.39. The molecule has 3 rings (SSSR count). The SMILES string of the molecule is CC(C)C(=O)N(Cc1ccccc1)C[C@@H]1CC(c2ccccc2)=NO1. The number of amides is 1. The van der Waals surface area contributed by atoms with E-state index in [1.165, 1.54) is 0 Å². The number of benzene rings is 2. The first-order valence-electron chi connectivity index (χ1n) is 8.74. The molecule has 0 bridgehead atoms. The quantitative estimate of drug-likeness (QED) is 0.804. The molecule has 0 spiro atoms. The zero-order valence-corrected chi connectivity index (χ0v) is 14.8. The molecule has 0 fully saturated rings. The molecule has 0 saturated heterocycles. The van der Waals surface area contributed by atoms with Gasteiger partial charge in [0.25, 0.3) is 0 Å². The van der Waals surface area contributed by atoms with Crippen LogP contribution in [0, 0.1) is 5.92 Å². The lowest BCUT2D eigenvalue weighted by Gasteiger charge is -2.26. The molecule has 0 saturated carbocycles. The summed E-state index contributed by atoms with van der Waals surface area (Å²) in [6.45, 7) is 5.01. The van der Waals surface area contributed by atoms with Gasteiger partial charge < -0.3 is 9.74 Å². The summed E-state index contributed by atoms with van der Waals surface area (Å²) >= 11 is 0. The summed E-state index contributed by atoms with van der Waals surface area (Å²) in [5, 5.41) is 4.23. The molecule has 1 atom stereocenters. The van der Waals surface area contributed by atoms with Crippen molar-refractivity contribution in [2.45, 2.75) is 32.9 Å².